The molecule has 0 atom stereocenters. The Morgan fingerprint density at radius 3 is 1.80 bits per heavy atom. The predicted octanol–water partition coefficient (Wildman–Crippen LogP) is -0.326. The van der Waals surface area contributed by atoms with Crippen LogP contribution in [-0.2, 0) is 0 Å². The normalized spacial score (nSPS) is 10.8. The van der Waals surface area contributed by atoms with Gasteiger partial charge in [0.1, 0.15) is 0 Å². The van der Waals surface area contributed by atoms with Crippen molar-refractivity contribution in [3.05, 3.63) is 5.92 Å². The summed E-state index contributed by atoms with van der Waals surface area (Å²) >= 11 is 0. The van der Waals surface area contributed by atoms with Gasteiger partial charge in [-0.3, -0.25) is 0 Å². The smallest absolute Gasteiger partial charge is 0.0436 e. The molecule has 0 saturated heterocycles. The van der Waals surface area contributed by atoms with Crippen molar-refractivity contribution in [3.63, 3.8) is 0 Å². The third-order valence-corrected chi connectivity index (χ3v) is 1.43. The monoisotopic (exact) mass is 146 g/mol. The van der Waals surface area contributed by atoms with Gasteiger partial charge < -0.3 is 15.9 Å². The lowest BCUT2D eigenvalue weighted by molar-refractivity contribution is 0.263. The Morgan fingerprint density at radius 1 is 1.00 bits per heavy atom. The molecule has 0 saturated carbocycles. The lowest BCUT2D eigenvalue weighted by Crippen LogP contribution is -2.09. The van der Waals surface area contributed by atoms with Crippen molar-refractivity contribution in [3.8, 4) is 0 Å². The molecule has 0 aliphatic heterocycles. The van der Waals surface area contributed by atoms with Gasteiger partial charge in [-0.15, -0.1) is 0 Å². The predicted molar refractivity (Wildman–Crippen MR) is 40.3 cm³/mol. The first-order chi connectivity index (χ1) is 4.85. The average Bonchev–Trinajstić information content (AvgIpc) is 1.90. The molecule has 0 rings (SSSR count). The van der Waals surface area contributed by atoms with Crippen LogP contribution in [0.2, 0.25) is 0 Å². The molecule has 0 unspecified atom stereocenters. The fraction of sp³-hybridized carbons (Fsp3) is 0.857. The van der Waals surface area contributed by atoms with Crippen molar-refractivity contribution < 1.29 is 10.2 Å². The molecule has 0 spiro atoms. The topological polar surface area (TPSA) is 66.5 Å². The highest BCUT2D eigenvalue weighted by molar-refractivity contribution is 4.88. The summed E-state index contributed by atoms with van der Waals surface area (Å²) in [6, 6.07) is 0. The molecule has 0 heterocycles. The van der Waals surface area contributed by atoms with E-state index in [4.69, 9.17) is 15.9 Å². The summed E-state index contributed by atoms with van der Waals surface area (Å²) in [7, 11) is 0. The zero-order chi connectivity index (χ0) is 7.82. The molecule has 3 heteroatoms. The van der Waals surface area contributed by atoms with Crippen LogP contribution in [0.15, 0.2) is 0 Å². The zero-order valence-electron chi connectivity index (χ0n) is 6.21. The summed E-state index contributed by atoms with van der Waals surface area (Å²) in [6.07, 6.45) is 2.18. The molecule has 10 heavy (non-hydrogen) atoms. The van der Waals surface area contributed by atoms with Crippen LogP contribution >= 0.6 is 0 Å². The number of hydrogen-bond donors (Lipinski definition) is 3. The Balaban J connectivity index is 3.30. The van der Waals surface area contributed by atoms with Gasteiger partial charge in [-0.25, -0.2) is 0 Å². The number of rotatable bonds is 6. The Morgan fingerprint density at radius 2 is 1.50 bits per heavy atom. The second-order valence-corrected chi connectivity index (χ2v) is 2.24. The summed E-state index contributed by atoms with van der Waals surface area (Å²) in [5.41, 5.74) is 5.31. The Bertz CT molecular complexity index is 54.4. The highest BCUT2D eigenvalue weighted by Gasteiger charge is 2.05. The summed E-state index contributed by atoms with van der Waals surface area (Å²) in [4.78, 5) is 0. The first-order valence-electron chi connectivity index (χ1n) is 3.60. The van der Waals surface area contributed by atoms with E-state index in [0.717, 1.165) is 12.3 Å². The van der Waals surface area contributed by atoms with Crippen molar-refractivity contribution in [2.24, 2.45) is 5.73 Å². The van der Waals surface area contributed by atoms with Crippen LogP contribution in [0.4, 0.5) is 0 Å². The molecular weight excluding hydrogens is 130 g/mol. The summed E-state index contributed by atoms with van der Waals surface area (Å²) < 4.78 is 0. The molecule has 4 N–H and O–H groups in total. The minimum Gasteiger partial charge on any atom is -0.396 e. The van der Waals surface area contributed by atoms with Gasteiger partial charge in [-0.2, -0.15) is 0 Å². The van der Waals surface area contributed by atoms with Crippen LogP contribution in [0.25, 0.3) is 0 Å². The van der Waals surface area contributed by atoms with Crippen LogP contribution in [0.1, 0.15) is 19.3 Å². The third-order valence-electron chi connectivity index (χ3n) is 1.43. The van der Waals surface area contributed by atoms with E-state index >= 15 is 0 Å². The Hall–Kier alpha value is -0.120. The van der Waals surface area contributed by atoms with Crippen molar-refractivity contribution in [2.75, 3.05) is 19.8 Å². The van der Waals surface area contributed by atoms with E-state index in [9.17, 15) is 0 Å². The first-order valence-corrected chi connectivity index (χ1v) is 3.60. The average molecular weight is 146 g/mol. The lowest BCUT2D eigenvalue weighted by atomic mass is 9.99. The SMILES string of the molecule is NCC[C](CCO)CCO. The van der Waals surface area contributed by atoms with Gasteiger partial charge in [-0.05, 0) is 31.7 Å². The van der Waals surface area contributed by atoms with E-state index in [2.05, 4.69) is 0 Å². The highest BCUT2D eigenvalue weighted by atomic mass is 16.3. The minimum absolute atomic E-state index is 0.162. The maximum Gasteiger partial charge on any atom is 0.0436 e. The van der Waals surface area contributed by atoms with Gasteiger partial charge >= 0.3 is 0 Å². The van der Waals surface area contributed by atoms with Crippen molar-refractivity contribution in [1.29, 1.82) is 0 Å². The Kier molecular flexibility index (Phi) is 6.91. The molecule has 0 aromatic rings. The lowest BCUT2D eigenvalue weighted by Gasteiger charge is -2.11. The summed E-state index contributed by atoms with van der Waals surface area (Å²) in [5, 5.41) is 17.1. The zero-order valence-corrected chi connectivity index (χ0v) is 6.21. The van der Waals surface area contributed by atoms with Crippen LogP contribution in [0.5, 0.6) is 0 Å². The number of hydrogen-bond acceptors (Lipinski definition) is 3. The highest BCUT2D eigenvalue weighted by Crippen LogP contribution is 2.13. The van der Waals surface area contributed by atoms with Crippen molar-refractivity contribution >= 4 is 0 Å². The van der Waals surface area contributed by atoms with Crippen LogP contribution in [-0.4, -0.2) is 30.0 Å². The fourth-order valence-electron chi connectivity index (χ4n) is 0.895. The van der Waals surface area contributed by atoms with E-state index in [1.54, 1.807) is 0 Å². The summed E-state index contributed by atoms with van der Waals surface area (Å²) in [5.74, 6) is 1.16. The van der Waals surface area contributed by atoms with Crippen LogP contribution < -0.4 is 5.73 Å². The molecule has 0 aliphatic carbocycles. The van der Waals surface area contributed by atoms with E-state index in [-0.39, 0.29) is 13.2 Å². The fourth-order valence-corrected chi connectivity index (χ4v) is 0.895. The molecule has 1 radical (unpaired) electrons. The number of aliphatic hydroxyl groups excluding tert-OH is 2. The molecule has 0 bridgehead atoms. The number of nitrogens with two attached hydrogens (primary N) is 1. The van der Waals surface area contributed by atoms with Gasteiger partial charge in [0.15, 0.2) is 0 Å². The minimum atomic E-state index is 0.162. The maximum absolute atomic E-state index is 8.55. The second kappa shape index (κ2) is 6.99. The Labute approximate surface area is 61.9 Å². The van der Waals surface area contributed by atoms with Crippen molar-refractivity contribution in [2.45, 2.75) is 19.3 Å². The van der Waals surface area contributed by atoms with Gasteiger partial charge in [0, 0.05) is 13.2 Å². The quantitative estimate of drug-likeness (QED) is 0.481. The van der Waals surface area contributed by atoms with E-state index < -0.39 is 0 Å². The van der Waals surface area contributed by atoms with Gasteiger partial charge in [0.05, 0.1) is 0 Å². The molecule has 0 aromatic carbocycles. The molecule has 3 nitrogen and oxygen atoms in total. The molecule has 61 valence electrons. The van der Waals surface area contributed by atoms with E-state index in [1.807, 2.05) is 0 Å². The van der Waals surface area contributed by atoms with Crippen LogP contribution in [0.3, 0.4) is 0 Å². The molecular formula is C7H16NO2. The van der Waals surface area contributed by atoms with E-state index in [1.165, 1.54) is 0 Å². The van der Waals surface area contributed by atoms with E-state index in [0.29, 0.717) is 19.4 Å². The van der Waals surface area contributed by atoms with Gasteiger partial charge in [0.2, 0.25) is 0 Å². The second-order valence-electron chi connectivity index (χ2n) is 2.24. The third kappa shape index (κ3) is 4.73. The van der Waals surface area contributed by atoms with Gasteiger partial charge in [-0.1, -0.05) is 0 Å². The number of aliphatic hydroxyl groups is 2. The molecule has 0 amide bonds. The largest absolute Gasteiger partial charge is 0.396 e. The first kappa shape index (κ1) is 9.88. The summed E-state index contributed by atoms with van der Waals surface area (Å²) in [6.45, 7) is 0.931. The van der Waals surface area contributed by atoms with Gasteiger partial charge in [0.25, 0.3) is 0 Å². The van der Waals surface area contributed by atoms with Crippen molar-refractivity contribution in [1.82, 2.24) is 0 Å². The maximum atomic E-state index is 8.55. The molecule has 0 fully saturated rings. The standard InChI is InChI=1S/C7H16NO2/c8-4-1-7(2-5-9)3-6-10/h9-10H,1-6,8H2. The molecule has 0 aromatic heterocycles. The molecule has 0 aliphatic rings. The van der Waals surface area contributed by atoms with Crippen LogP contribution in [0, 0.1) is 5.92 Å².